The number of amides is 1. The number of thiazole rings is 1. The van der Waals surface area contributed by atoms with Crippen LogP contribution < -0.4 is 10.9 Å². The topological polar surface area (TPSA) is 101 Å². The zero-order valence-electron chi connectivity index (χ0n) is 14.0. The van der Waals surface area contributed by atoms with Crippen LogP contribution in [-0.4, -0.2) is 25.8 Å². The molecule has 3 aromatic rings. The Hall–Kier alpha value is -2.87. The van der Waals surface area contributed by atoms with E-state index in [-0.39, 0.29) is 23.6 Å². The van der Waals surface area contributed by atoms with Crippen molar-refractivity contribution in [1.29, 1.82) is 0 Å². The number of nitrogens with one attached hydrogen (secondary N) is 2. The predicted octanol–water partition coefficient (Wildman–Crippen LogP) is 2.10. The SMILES string of the molecule is O=C(NCc1csc(-c2cnccn2)n1)c1cc2c([nH]c1=O)CCCC2. The molecule has 0 unspecified atom stereocenters. The molecular weight excluding hydrogens is 350 g/mol. The fourth-order valence-electron chi connectivity index (χ4n) is 3.02. The maximum Gasteiger partial charge on any atom is 0.261 e. The van der Waals surface area contributed by atoms with Gasteiger partial charge in [0.2, 0.25) is 0 Å². The molecule has 0 aliphatic heterocycles. The van der Waals surface area contributed by atoms with Gasteiger partial charge in [-0.2, -0.15) is 0 Å². The zero-order chi connectivity index (χ0) is 17.9. The van der Waals surface area contributed by atoms with Gasteiger partial charge < -0.3 is 10.3 Å². The number of pyridine rings is 1. The Labute approximate surface area is 153 Å². The molecule has 0 bridgehead atoms. The molecule has 1 aliphatic rings. The zero-order valence-corrected chi connectivity index (χ0v) is 14.8. The summed E-state index contributed by atoms with van der Waals surface area (Å²) in [4.78, 5) is 40.2. The first-order chi connectivity index (χ1) is 12.7. The fraction of sp³-hybridized carbons (Fsp3) is 0.278. The van der Waals surface area contributed by atoms with Crippen molar-refractivity contribution in [2.75, 3.05) is 0 Å². The predicted molar refractivity (Wildman–Crippen MR) is 98.0 cm³/mol. The van der Waals surface area contributed by atoms with Gasteiger partial charge in [-0.15, -0.1) is 11.3 Å². The van der Waals surface area contributed by atoms with Gasteiger partial charge in [0.1, 0.15) is 16.3 Å². The molecule has 0 saturated carbocycles. The van der Waals surface area contributed by atoms with Gasteiger partial charge in [-0.1, -0.05) is 0 Å². The van der Waals surface area contributed by atoms with E-state index in [1.54, 1.807) is 24.7 Å². The molecule has 26 heavy (non-hydrogen) atoms. The van der Waals surface area contributed by atoms with Crippen LogP contribution in [-0.2, 0) is 19.4 Å². The van der Waals surface area contributed by atoms with Crippen molar-refractivity contribution in [2.24, 2.45) is 0 Å². The minimum absolute atomic E-state index is 0.162. The third kappa shape index (κ3) is 3.41. The first kappa shape index (κ1) is 16.6. The third-order valence-electron chi connectivity index (χ3n) is 4.35. The van der Waals surface area contributed by atoms with Crippen LogP contribution in [0.3, 0.4) is 0 Å². The molecule has 3 heterocycles. The minimum Gasteiger partial charge on any atom is -0.346 e. The number of nitrogens with zero attached hydrogens (tertiary/aromatic N) is 3. The second-order valence-corrected chi connectivity index (χ2v) is 7.00. The molecule has 0 atom stereocenters. The molecule has 8 heteroatoms. The third-order valence-corrected chi connectivity index (χ3v) is 5.26. The summed E-state index contributed by atoms with van der Waals surface area (Å²) in [6.07, 6.45) is 8.80. The summed E-state index contributed by atoms with van der Waals surface area (Å²) >= 11 is 1.44. The highest BCUT2D eigenvalue weighted by molar-refractivity contribution is 7.13. The fourth-order valence-corrected chi connectivity index (χ4v) is 3.80. The summed E-state index contributed by atoms with van der Waals surface area (Å²) in [5.41, 5.74) is 3.28. The lowest BCUT2D eigenvalue weighted by atomic mass is 9.95. The maximum absolute atomic E-state index is 12.4. The van der Waals surface area contributed by atoms with E-state index in [0.29, 0.717) is 5.69 Å². The van der Waals surface area contributed by atoms with Crippen molar-refractivity contribution in [3.8, 4) is 10.7 Å². The van der Waals surface area contributed by atoms with E-state index in [0.717, 1.165) is 47.6 Å². The molecule has 2 N–H and O–H groups in total. The monoisotopic (exact) mass is 367 g/mol. The normalized spacial score (nSPS) is 13.2. The van der Waals surface area contributed by atoms with Crippen molar-refractivity contribution in [3.63, 3.8) is 0 Å². The van der Waals surface area contributed by atoms with Crippen LogP contribution in [0.15, 0.2) is 34.8 Å². The molecule has 0 saturated heterocycles. The molecule has 1 amide bonds. The Balaban J connectivity index is 1.46. The van der Waals surface area contributed by atoms with Gasteiger partial charge in [-0.05, 0) is 37.3 Å². The molecule has 0 fully saturated rings. The van der Waals surface area contributed by atoms with Crippen LogP contribution >= 0.6 is 11.3 Å². The van der Waals surface area contributed by atoms with E-state index in [1.807, 2.05) is 5.38 Å². The second-order valence-electron chi connectivity index (χ2n) is 6.14. The number of carbonyl (C=O) groups is 1. The molecule has 0 spiro atoms. The van der Waals surface area contributed by atoms with Crippen LogP contribution in [0.5, 0.6) is 0 Å². The molecule has 4 rings (SSSR count). The quantitative estimate of drug-likeness (QED) is 0.735. The van der Waals surface area contributed by atoms with Gasteiger partial charge in [0, 0.05) is 23.5 Å². The number of hydrogen-bond donors (Lipinski definition) is 2. The Morgan fingerprint density at radius 3 is 3.00 bits per heavy atom. The van der Waals surface area contributed by atoms with Crippen LogP contribution in [0.25, 0.3) is 10.7 Å². The number of hydrogen-bond acceptors (Lipinski definition) is 6. The lowest BCUT2D eigenvalue weighted by molar-refractivity contribution is 0.0948. The van der Waals surface area contributed by atoms with E-state index in [1.165, 1.54) is 11.3 Å². The average Bonchev–Trinajstić information content (AvgIpc) is 3.15. The lowest BCUT2D eigenvalue weighted by Gasteiger charge is -2.15. The molecular formula is C18H17N5O2S. The lowest BCUT2D eigenvalue weighted by Crippen LogP contribution is -2.30. The second kappa shape index (κ2) is 7.17. The van der Waals surface area contributed by atoms with Crippen molar-refractivity contribution >= 4 is 17.2 Å². The summed E-state index contributed by atoms with van der Waals surface area (Å²) in [6, 6.07) is 1.73. The Bertz CT molecular complexity index is 996. The largest absolute Gasteiger partial charge is 0.346 e. The standard InChI is InChI=1S/C18H17N5O2S/c24-16(13-7-11-3-1-2-4-14(11)23-17(13)25)21-8-12-10-26-18(22-12)15-9-19-5-6-20-15/h5-7,9-10H,1-4,8H2,(H,21,24)(H,23,25). The van der Waals surface area contributed by atoms with Crippen molar-refractivity contribution in [1.82, 2.24) is 25.3 Å². The van der Waals surface area contributed by atoms with Crippen LogP contribution in [0, 0.1) is 0 Å². The minimum atomic E-state index is -0.381. The van der Waals surface area contributed by atoms with Crippen LogP contribution in [0.2, 0.25) is 0 Å². The van der Waals surface area contributed by atoms with E-state index in [4.69, 9.17) is 0 Å². The maximum atomic E-state index is 12.4. The summed E-state index contributed by atoms with van der Waals surface area (Å²) in [7, 11) is 0. The summed E-state index contributed by atoms with van der Waals surface area (Å²) in [6.45, 7) is 0.256. The Kier molecular flexibility index (Phi) is 4.57. The van der Waals surface area contributed by atoms with Gasteiger partial charge in [0.15, 0.2) is 0 Å². The summed E-state index contributed by atoms with van der Waals surface area (Å²) in [5, 5.41) is 5.38. The van der Waals surface area contributed by atoms with Crippen LogP contribution in [0.1, 0.15) is 40.2 Å². The van der Waals surface area contributed by atoms with Crippen LogP contribution in [0.4, 0.5) is 0 Å². The van der Waals surface area contributed by atoms with E-state index in [2.05, 4.69) is 25.3 Å². The van der Waals surface area contributed by atoms with Gasteiger partial charge in [-0.3, -0.25) is 19.6 Å². The molecule has 1 aliphatic carbocycles. The highest BCUT2D eigenvalue weighted by atomic mass is 32.1. The highest BCUT2D eigenvalue weighted by Gasteiger charge is 2.17. The average molecular weight is 367 g/mol. The Morgan fingerprint density at radius 2 is 2.15 bits per heavy atom. The first-order valence-electron chi connectivity index (χ1n) is 8.45. The summed E-state index contributed by atoms with van der Waals surface area (Å²) in [5.74, 6) is -0.381. The molecule has 7 nitrogen and oxygen atoms in total. The van der Waals surface area contributed by atoms with Gasteiger partial charge in [-0.25, -0.2) is 4.98 Å². The molecule has 0 aromatic carbocycles. The smallest absolute Gasteiger partial charge is 0.261 e. The van der Waals surface area contributed by atoms with Gasteiger partial charge in [0.25, 0.3) is 11.5 Å². The van der Waals surface area contributed by atoms with Crippen molar-refractivity contribution in [3.05, 3.63) is 62.9 Å². The van der Waals surface area contributed by atoms with Crippen molar-refractivity contribution < 1.29 is 4.79 Å². The summed E-state index contributed by atoms with van der Waals surface area (Å²) < 4.78 is 0. The van der Waals surface area contributed by atoms with E-state index < -0.39 is 0 Å². The number of aromatic nitrogens is 4. The Morgan fingerprint density at radius 1 is 1.27 bits per heavy atom. The number of aromatic amines is 1. The molecule has 0 radical (unpaired) electrons. The van der Waals surface area contributed by atoms with E-state index >= 15 is 0 Å². The number of aryl methyl sites for hydroxylation is 2. The number of fused-ring (bicyclic) bond motifs is 1. The highest BCUT2D eigenvalue weighted by Crippen LogP contribution is 2.21. The number of H-pyrrole nitrogens is 1. The molecule has 132 valence electrons. The number of carbonyl (C=O) groups excluding carboxylic acids is 1. The van der Waals surface area contributed by atoms with Gasteiger partial charge >= 0.3 is 0 Å². The van der Waals surface area contributed by atoms with Crippen molar-refractivity contribution in [2.45, 2.75) is 32.2 Å². The molecule has 3 aromatic heterocycles. The van der Waals surface area contributed by atoms with E-state index in [9.17, 15) is 9.59 Å². The first-order valence-corrected chi connectivity index (χ1v) is 9.33. The van der Waals surface area contributed by atoms with Gasteiger partial charge in [0.05, 0.1) is 18.4 Å². The number of rotatable bonds is 4.